The summed E-state index contributed by atoms with van der Waals surface area (Å²) >= 11 is 0. The van der Waals surface area contributed by atoms with Gasteiger partial charge >= 0.3 is 6.09 Å². The van der Waals surface area contributed by atoms with E-state index in [9.17, 15) is 13.2 Å². The average Bonchev–Trinajstić information content (AvgIpc) is 2.60. The van der Waals surface area contributed by atoms with Crippen molar-refractivity contribution >= 4 is 15.9 Å². The Balaban J connectivity index is 1.85. The molecule has 0 aromatic carbocycles. The van der Waals surface area contributed by atoms with Gasteiger partial charge in [-0.15, -0.1) is 0 Å². The molecule has 2 aliphatic rings. The molecule has 3 unspecified atom stereocenters. The van der Waals surface area contributed by atoms with Crippen LogP contribution in [-0.2, 0) is 14.6 Å². The Hall–Kier alpha value is -0.820. The second kappa shape index (κ2) is 6.59. The summed E-state index contributed by atoms with van der Waals surface area (Å²) < 4.78 is 28.7. The Morgan fingerprint density at radius 2 is 1.87 bits per heavy atom. The van der Waals surface area contributed by atoms with Crippen LogP contribution in [0.25, 0.3) is 0 Å². The van der Waals surface area contributed by atoms with Crippen molar-refractivity contribution in [3.05, 3.63) is 0 Å². The number of carbonyl (C=O) groups excluding carboxylic acids is 1. The summed E-state index contributed by atoms with van der Waals surface area (Å²) in [4.78, 5) is 11.9. The third-order valence-corrected chi connectivity index (χ3v) is 6.35. The summed E-state index contributed by atoms with van der Waals surface area (Å²) in [5, 5.41) is 6.47. The van der Waals surface area contributed by atoms with Crippen molar-refractivity contribution in [1.29, 1.82) is 0 Å². The SMILES string of the molecule is CC1(NC2CCCC(NC(=O)OC(C)(C)C)C2)CCS(=O)(=O)C1. The van der Waals surface area contributed by atoms with Crippen molar-refractivity contribution in [2.75, 3.05) is 11.5 Å². The minimum absolute atomic E-state index is 0.0812. The van der Waals surface area contributed by atoms with E-state index in [4.69, 9.17) is 4.74 Å². The standard InChI is InChI=1S/C16H30N2O4S/c1-15(2,3)22-14(19)17-12-6-5-7-13(10-12)18-16(4)8-9-23(20,21)11-16/h12-13,18H,5-11H2,1-4H3,(H,17,19). The van der Waals surface area contributed by atoms with Crippen molar-refractivity contribution in [1.82, 2.24) is 10.6 Å². The minimum atomic E-state index is -2.91. The third-order valence-electron chi connectivity index (χ3n) is 4.45. The number of hydrogen-bond donors (Lipinski definition) is 2. The van der Waals surface area contributed by atoms with E-state index in [0.29, 0.717) is 6.42 Å². The van der Waals surface area contributed by atoms with Gasteiger partial charge in [-0.05, 0) is 59.8 Å². The van der Waals surface area contributed by atoms with Gasteiger partial charge in [0.05, 0.1) is 11.5 Å². The zero-order valence-corrected chi connectivity index (χ0v) is 15.5. The van der Waals surface area contributed by atoms with Gasteiger partial charge in [0, 0.05) is 17.6 Å². The van der Waals surface area contributed by atoms with Crippen LogP contribution >= 0.6 is 0 Å². The first-order valence-corrected chi connectivity index (χ1v) is 10.3. The van der Waals surface area contributed by atoms with E-state index in [1.54, 1.807) is 0 Å². The molecule has 2 fully saturated rings. The summed E-state index contributed by atoms with van der Waals surface area (Å²) in [6.07, 6.45) is 4.07. The van der Waals surface area contributed by atoms with Crippen LogP contribution in [0.1, 0.15) is 59.8 Å². The molecule has 2 rings (SSSR count). The van der Waals surface area contributed by atoms with E-state index >= 15 is 0 Å². The number of alkyl carbamates (subject to hydrolysis) is 1. The van der Waals surface area contributed by atoms with Crippen molar-refractivity contribution in [3.63, 3.8) is 0 Å². The number of ether oxygens (including phenoxy) is 1. The molecule has 7 heteroatoms. The largest absolute Gasteiger partial charge is 0.444 e. The van der Waals surface area contributed by atoms with E-state index in [2.05, 4.69) is 10.6 Å². The maximum absolute atomic E-state index is 11.9. The van der Waals surface area contributed by atoms with Gasteiger partial charge in [0.2, 0.25) is 0 Å². The molecule has 3 atom stereocenters. The van der Waals surface area contributed by atoms with Crippen LogP contribution < -0.4 is 10.6 Å². The van der Waals surface area contributed by atoms with Crippen molar-refractivity contribution in [3.8, 4) is 0 Å². The number of carbonyl (C=O) groups is 1. The molecule has 0 aromatic heterocycles. The molecule has 1 amide bonds. The topological polar surface area (TPSA) is 84.5 Å². The smallest absolute Gasteiger partial charge is 0.407 e. The Kier molecular flexibility index (Phi) is 5.31. The highest BCUT2D eigenvalue weighted by molar-refractivity contribution is 7.91. The third kappa shape index (κ3) is 5.95. The van der Waals surface area contributed by atoms with Crippen LogP contribution in [0.15, 0.2) is 0 Å². The summed E-state index contributed by atoms with van der Waals surface area (Å²) in [7, 11) is -2.91. The summed E-state index contributed by atoms with van der Waals surface area (Å²) in [5.41, 5.74) is -0.834. The van der Waals surface area contributed by atoms with Crippen LogP contribution in [0.4, 0.5) is 4.79 Å². The van der Waals surface area contributed by atoms with Gasteiger partial charge in [-0.1, -0.05) is 0 Å². The number of amides is 1. The second-order valence-corrected chi connectivity index (χ2v) is 10.4. The number of nitrogens with one attached hydrogen (secondary N) is 2. The minimum Gasteiger partial charge on any atom is -0.444 e. The first-order chi connectivity index (χ1) is 10.5. The molecule has 0 aromatic rings. The van der Waals surface area contributed by atoms with E-state index in [-0.39, 0.29) is 35.2 Å². The molecule has 134 valence electrons. The molecule has 1 heterocycles. The van der Waals surface area contributed by atoms with Crippen LogP contribution in [0.3, 0.4) is 0 Å². The molecule has 2 N–H and O–H groups in total. The lowest BCUT2D eigenvalue weighted by atomic mass is 9.88. The zero-order chi connectivity index (χ0) is 17.3. The summed E-state index contributed by atoms with van der Waals surface area (Å²) in [6, 6.07) is 0.319. The molecule has 1 saturated heterocycles. The Bertz CT molecular complexity index is 541. The molecule has 23 heavy (non-hydrogen) atoms. The quantitative estimate of drug-likeness (QED) is 0.816. The van der Waals surface area contributed by atoms with Gasteiger partial charge < -0.3 is 15.4 Å². The highest BCUT2D eigenvalue weighted by Crippen LogP contribution is 2.27. The van der Waals surface area contributed by atoms with Gasteiger partial charge in [-0.2, -0.15) is 0 Å². The molecular formula is C16H30N2O4S. The first kappa shape index (κ1) is 18.5. The summed E-state index contributed by atoms with van der Waals surface area (Å²) in [5.74, 6) is 0.476. The van der Waals surface area contributed by atoms with Gasteiger partial charge in [0.15, 0.2) is 9.84 Å². The molecular weight excluding hydrogens is 316 g/mol. The van der Waals surface area contributed by atoms with E-state index in [1.807, 2.05) is 27.7 Å². The predicted molar refractivity (Wildman–Crippen MR) is 90.2 cm³/mol. The van der Waals surface area contributed by atoms with E-state index in [1.165, 1.54) is 0 Å². The lowest BCUT2D eigenvalue weighted by molar-refractivity contribution is 0.0487. The number of hydrogen-bond acceptors (Lipinski definition) is 5. The highest BCUT2D eigenvalue weighted by atomic mass is 32.2. The van der Waals surface area contributed by atoms with Crippen molar-refractivity contribution in [2.45, 2.75) is 83.0 Å². The molecule has 1 aliphatic carbocycles. The van der Waals surface area contributed by atoms with Gasteiger partial charge in [0.1, 0.15) is 5.60 Å². The van der Waals surface area contributed by atoms with Gasteiger partial charge in [0.25, 0.3) is 0 Å². The Morgan fingerprint density at radius 1 is 1.22 bits per heavy atom. The fourth-order valence-corrected chi connectivity index (χ4v) is 5.65. The molecule has 6 nitrogen and oxygen atoms in total. The average molecular weight is 346 g/mol. The molecule has 1 aliphatic heterocycles. The van der Waals surface area contributed by atoms with Crippen LogP contribution in [0, 0.1) is 0 Å². The molecule has 0 radical (unpaired) electrons. The van der Waals surface area contributed by atoms with Crippen molar-refractivity contribution < 1.29 is 17.9 Å². The van der Waals surface area contributed by atoms with Crippen LogP contribution in [0.5, 0.6) is 0 Å². The summed E-state index contributed by atoms with van der Waals surface area (Å²) in [6.45, 7) is 7.53. The fraction of sp³-hybridized carbons (Fsp3) is 0.938. The van der Waals surface area contributed by atoms with Crippen molar-refractivity contribution in [2.24, 2.45) is 0 Å². The van der Waals surface area contributed by atoms with Gasteiger partial charge in [-0.25, -0.2) is 13.2 Å². The molecule has 0 bridgehead atoms. The Morgan fingerprint density at radius 3 is 2.43 bits per heavy atom. The Labute approximate surface area is 139 Å². The maximum Gasteiger partial charge on any atom is 0.407 e. The van der Waals surface area contributed by atoms with E-state index in [0.717, 1.165) is 25.7 Å². The lowest BCUT2D eigenvalue weighted by Crippen LogP contribution is -2.53. The first-order valence-electron chi connectivity index (χ1n) is 8.44. The monoisotopic (exact) mass is 346 g/mol. The second-order valence-electron chi connectivity index (χ2n) is 8.25. The highest BCUT2D eigenvalue weighted by Gasteiger charge is 2.40. The van der Waals surface area contributed by atoms with Gasteiger partial charge in [-0.3, -0.25) is 0 Å². The van der Waals surface area contributed by atoms with Crippen LogP contribution in [0.2, 0.25) is 0 Å². The number of rotatable bonds is 3. The fourth-order valence-electron chi connectivity index (χ4n) is 3.54. The molecule has 0 spiro atoms. The van der Waals surface area contributed by atoms with E-state index < -0.39 is 15.4 Å². The predicted octanol–water partition coefficient (Wildman–Crippen LogP) is 1.99. The maximum atomic E-state index is 11.9. The normalized spacial score (nSPS) is 34.1. The number of sulfone groups is 1. The van der Waals surface area contributed by atoms with Crippen LogP contribution in [-0.4, -0.2) is 49.2 Å². The zero-order valence-electron chi connectivity index (χ0n) is 14.6. The molecule has 1 saturated carbocycles. The lowest BCUT2D eigenvalue weighted by Gasteiger charge is -2.36.